The number of rotatable bonds is 5. The highest BCUT2D eigenvalue weighted by atomic mass is 79.9. The summed E-state index contributed by atoms with van der Waals surface area (Å²) in [5, 5.41) is 15.2. The summed E-state index contributed by atoms with van der Waals surface area (Å²) < 4.78 is 0.740. The number of hydrogen-bond acceptors (Lipinski definition) is 3. The van der Waals surface area contributed by atoms with E-state index in [1.165, 1.54) is 4.88 Å². The molecule has 0 aliphatic carbocycles. The van der Waals surface area contributed by atoms with E-state index < -0.39 is 0 Å². The van der Waals surface area contributed by atoms with Gasteiger partial charge in [0.15, 0.2) is 0 Å². The van der Waals surface area contributed by atoms with Gasteiger partial charge < -0.3 is 10.4 Å². The fraction of sp³-hybridized carbons (Fsp3) is 0.333. The van der Waals surface area contributed by atoms with Gasteiger partial charge in [-0.05, 0) is 51.0 Å². The summed E-state index contributed by atoms with van der Waals surface area (Å²) in [7, 11) is 0. The van der Waals surface area contributed by atoms with Crippen molar-refractivity contribution in [1.29, 1.82) is 0 Å². The molecule has 2 N–H and O–H groups in total. The predicted octanol–water partition coefficient (Wildman–Crippen LogP) is 4.70. The van der Waals surface area contributed by atoms with E-state index in [-0.39, 0.29) is 5.75 Å². The molecule has 0 radical (unpaired) electrons. The number of thiophene rings is 1. The lowest BCUT2D eigenvalue weighted by Gasteiger charge is -2.21. The van der Waals surface area contributed by atoms with E-state index in [2.05, 4.69) is 52.6 Å². The normalized spacial score (nSPS) is 12.8. The van der Waals surface area contributed by atoms with Crippen molar-refractivity contribution in [1.82, 2.24) is 5.32 Å². The zero-order chi connectivity index (χ0) is 13.8. The first-order valence-corrected chi connectivity index (χ1v) is 7.99. The predicted molar refractivity (Wildman–Crippen MR) is 84.5 cm³/mol. The minimum absolute atomic E-state index is 0.280. The third-order valence-electron chi connectivity index (χ3n) is 3.05. The molecular weight excluding hydrogens is 322 g/mol. The Morgan fingerprint density at radius 3 is 2.68 bits per heavy atom. The molecule has 2 aromatic rings. The summed E-state index contributed by atoms with van der Waals surface area (Å²) in [5.41, 5.74) is 1.16. The number of hydrogen-bond donors (Lipinski definition) is 2. The van der Waals surface area contributed by atoms with Gasteiger partial charge in [-0.1, -0.05) is 26.0 Å². The van der Waals surface area contributed by atoms with Crippen LogP contribution >= 0.6 is 27.3 Å². The van der Waals surface area contributed by atoms with Crippen molar-refractivity contribution in [2.45, 2.75) is 26.4 Å². The van der Waals surface area contributed by atoms with Crippen LogP contribution in [0, 0.1) is 5.92 Å². The Bertz CT molecular complexity index is 525. The molecule has 2 rings (SSSR count). The van der Waals surface area contributed by atoms with E-state index in [1.807, 2.05) is 12.1 Å². The Kier molecular flexibility index (Phi) is 5.02. The molecule has 1 atom stereocenters. The van der Waals surface area contributed by atoms with Gasteiger partial charge in [-0.25, -0.2) is 0 Å². The second-order valence-corrected chi connectivity index (χ2v) is 6.74. The van der Waals surface area contributed by atoms with Crippen LogP contribution in [0.2, 0.25) is 0 Å². The minimum Gasteiger partial charge on any atom is -0.507 e. The second-order valence-electron chi connectivity index (χ2n) is 4.90. The maximum atomic E-state index is 9.49. The third kappa shape index (κ3) is 3.81. The van der Waals surface area contributed by atoms with Crippen LogP contribution < -0.4 is 5.32 Å². The first-order chi connectivity index (χ1) is 9.08. The van der Waals surface area contributed by atoms with E-state index in [0.29, 0.717) is 12.0 Å². The SMILES string of the molecule is CC(C)C(NCc1ccc(O)c(Br)c1)c1cccs1. The lowest BCUT2D eigenvalue weighted by molar-refractivity contribution is 0.416. The van der Waals surface area contributed by atoms with Gasteiger partial charge in [-0.3, -0.25) is 0 Å². The molecular formula is C15H18BrNOS. The summed E-state index contributed by atoms with van der Waals surface area (Å²) in [6, 6.07) is 10.3. The third-order valence-corrected chi connectivity index (χ3v) is 4.65. The highest BCUT2D eigenvalue weighted by molar-refractivity contribution is 9.10. The van der Waals surface area contributed by atoms with Crippen molar-refractivity contribution in [3.63, 3.8) is 0 Å². The van der Waals surface area contributed by atoms with Crippen molar-refractivity contribution < 1.29 is 5.11 Å². The fourth-order valence-electron chi connectivity index (χ4n) is 2.02. The lowest BCUT2D eigenvalue weighted by Crippen LogP contribution is -2.24. The molecule has 0 amide bonds. The van der Waals surface area contributed by atoms with Gasteiger partial charge in [0, 0.05) is 17.5 Å². The molecule has 1 unspecified atom stereocenters. The summed E-state index contributed by atoms with van der Waals surface area (Å²) in [4.78, 5) is 1.37. The average molecular weight is 340 g/mol. The molecule has 0 fully saturated rings. The molecule has 0 bridgehead atoms. The molecule has 1 heterocycles. The van der Waals surface area contributed by atoms with Gasteiger partial charge in [0.05, 0.1) is 4.47 Å². The molecule has 0 spiro atoms. The Morgan fingerprint density at radius 1 is 1.32 bits per heavy atom. The summed E-state index contributed by atoms with van der Waals surface area (Å²) >= 11 is 5.13. The van der Waals surface area contributed by atoms with Crippen molar-refractivity contribution >= 4 is 27.3 Å². The number of benzene rings is 1. The van der Waals surface area contributed by atoms with Gasteiger partial charge in [0.25, 0.3) is 0 Å². The topological polar surface area (TPSA) is 32.3 Å². The van der Waals surface area contributed by atoms with Crippen LogP contribution in [-0.4, -0.2) is 5.11 Å². The Morgan fingerprint density at radius 2 is 2.11 bits per heavy atom. The van der Waals surface area contributed by atoms with E-state index in [9.17, 15) is 5.11 Å². The molecule has 19 heavy (non-hydrogen) atoms. The number of nitrogens with one attached hydrogen (secondary N) is 1. The van der Waals surface area contributed by atoms with Gasteiger partial charge in [0.2, 0.25) is 0 Å². The maximum Gasteiger partial charge on any atom is 0.129 e. The first-order valence-electron chi connectivity index (χ1n) is 6.32. The molecule has 2 nitrogen and oxygen atoms in total. The van der Waals surface area contributed by atoms with E-state index in [4.69, 9.17) is 0 Å². The van der Waals surface area contributed by atoms with Gasteiger partial charge in [-0.15, -0.1) is 11.3 Å². The molecule has 1 aromatic heterocycles. The Hall–Kier alpha value is -0.840. The largest absolute Gasteiger partial charge is 0.507 e. The van der Waals surface area contributed by atoms with Crippen LogP contribution in [0.25, 0.3) is 0 Å². The number of phenols is 1. The van der Waals surface area contributed by atoms with Crippen molar-refractivity contribution in [2.24, 2.45) is 5.92 Å². The number of aromatic hydroxyl groups is 1. The zero-order valence-corrected chi connectivity index (χ0v) is 13.5. The van der Waals surface area contributed by atoms with E-state index in [1.54, 1.807) is 17.4 Å². The van der Waals surface area contributed by atoms with Crippen LogP contribution in [0.1, 0.15) is 30.3 Å². The summed E-state index contributed by atoms with van der Waals surface area (Å²) in [5.74, 6) is 0.821. The first kappa shape index (κ1) is 14.6. The van der Waals surface area contributed by atoms with Gasteiger partial charge >= 0.3 is 0 Å². The molecule has 1 aromatic carbocycles. The Balaban J connectivity index is 2.05. The number of halogens is 1. The molecule has 0 aliphatic rings. The van der Waals surface area contributed by atoms with Crippen LogP contribution in [0.5, 0.6) is 5.75 Å². The van der Waals surface area contributed by atoms with Gasteiger partial charge in [0.1, 0.15) is 5.75 Å². The highest BCUT2D eigenvalue weighted by Crippen LogP contribution is 2.27. The highest BCUT2D eigenvalue weighted by Gasteiger charge is 2.16. The molecule has 0 saturated carbocycles. The second kappa shape index (κ2) is 6.55. The minimum atomic E-state index is 0.280. The van der Waals surface area contributed by atoms with Crippen LogP contribution in [0.4, 0.5) is 0 Å². The monoisotopic (exact) mass is 339 g/mol. The van der Waals surface area contributed by atoms with Gasteiger partial charge in [-0.2, -0.15) is 0 Å². The molecule has 4 heteroatoms. The molecule has 0 aliphatic heterocycles. The van der Waals surface area contributed by atoms with Crippen molar-refractivity contribution in [2.75, 3.05) is 0 Å². The van der Waals surface area contributed by atoms with Crippen LogP contribution in [0.3, 0.4) is 0 Å². The lowest BCUT2D eigenvalue weighted by atomic mass is 10.0. The summed E-state index contributed by atoms with van der Waals surface area (Å²) in [6.45, 7) is 5.24. The zero-order valence-electron chi connectivity index (χ0n) is 11.1. The molecule has 0 saturated heterocycles. The van der Waals surface area contributed by atoms with Crippen LogP contribution in [0.15, 0.2) is 40.2 Å². The van der Waals surface area contributed by atoms with Crippen LogP contribution in [-0.2, 0) is 6.54 Å². The van der Waals surface area contributed by atoms with E-state index >= 15 is 0 Å². The van der Waals surface area contributed by atoms with Crippen molar-refractivity contribution in [3.8, 4) is 5.75 Å². The standard InChI is InChI=1S/C15H18BrNOS/c1-10(2)15(14-4-3-7-19-14)17-9-11-5-6-13(18)12(16)8-11/h3-8,10,15,17-18H,9H2,1-2H3. The quantitative estimate of drug-likeness (QED) is 0.827. The summed E-state index contributed by atoms with van der Waals surface area (Å²) in [6.07, 6.45) is 0. The maximum absolute atomic E-state index is 9.49. The molecule has 102 valence electrons. The average Bonchev–Trinajstić information content (AvgIpc) is 2.87. The smallest absolute Gasteiger partial charge is 0.129 e. The van der Waals surface area contributed by atoms with Crippen molar-refractivity contribution in [3.05, 3.63) is 50.6 Å². The fourth-order valence-corrected chi connectivity index (χ4v) is 3.42. The Labute approximate surface area is 126 Å². The van der Waals surface area contributed by atoms with E-state index in [0.717, 1.165) is 16.6 Å². The number of phenolic OH excluding ortho intramolecular Hbond substituents is 1.